The van der Waals surface area contributed by atoms with Gasteiger partial charge in [0.15, 0.2) is 0 Å². The van der Waals surface area contributed by atoms with Crippen LogP contribution in [0.3, 0.4) is 0 Å². The maximum atomic E-state index is 11.4. The summed E-state index contributed by atoms with van der Waals surface area (Å²) in [4.78, 5) is 18.0. The smallest absolute Gasteiger partial charge is 0.477 e. The van der Waals surface area contributed by atoms with Gasteiger partial charge in [-0.15, -0.1) is 0 Å². The monoisotopic (exact) mass is 544 g/mol. The predicted octanol–water partition coefficient (Wildman–Crippen LogP) is 3.77. The molecule has 0 saturated carbocycles. The molecular formula is C35H37BN2O3. The van der Waals surface area contributed by atoms with Crippen molar-refractivity contribution in [2.24, 2.45) is 0 Å². The summed E-state index contributed by atoms with van der Waals surface area (Å²) in [5, 5.41) is 0. The van der Waals surface area contributed by atoms with Gasteiger partial charge in [0.1, 0.15) is 11.9 Å². The van der Waals surface area contributed by atoms with Crippen LogP contribution in [0.2, 0.25) is 0 Å². The highest BCUT2D eigenvalue weighted by molar-refractivity contribution is 7.19. The van der Waals surface area contributed by atoms with Gasteiger partial charge in [-0.05, 0) is 0 Å². The summed E-state index contributed by atoms with van der Waals surface area (Å²) in [6.45, 7) is 3.69. The van der Waals surface area contributed by atoms with Gasteiger partial charge in [0.2, 0.25) is 11.4 Å². The van der Waals surface area contributed by atoms with E-state index in [1.54, 1.807) is 33.3 Å². The van der Waals surface area contributed by atoms with Crippen LogP contribution in [0.5, 0.6) is 5.75 Å². The molecule has 5 aromatic rings. The number of rotatable bonds is 6. The fraction of sp³-hybridized carbons (Fsp3) is 0.143. The maximum Gasteiger partial charge on any atom is 0.477 e. The highest BCUT2D eigenvalue weighted by Gasteiger charge is 2.31. The van der Waals surface area contributed by atoms with E-state index in [1.165, 1.54) is 31.5 Å². The van der Waals surface area contributed by atoms with Crippen LogP contribution in [-0.2, 0) is 0 Å². The van der Waals surface area contributed by atoms with Crippen molar-refractivity contribution in [2.45, 2.75) is 13.8 Å². The van der Waals surface area contributed by atoms with Gasteiger partial charge >= 0.3 is 6.09 Å². The van der Waals surface area contributed by atoms with Gasteiger partial charge in [-0.1, -0.05) is 121 Å². The minimum absolute atomic E-state index is 0.415. The number of carbonyl (C=O) groups excluding carboxylic acids is 1. The molecule has 0 aliphatic carbocycles. The second kappa shape index (κ2) is 13.5. The Labute approximate surface area is 243 Å². The third-order valence-electron chi connectivity index (χ3n) is 7.31. The fourth-order valence-electron chi connectivity index (χ4n) is 5.39. The average molecular weight is 545 g/mol. The highest BCUT2D eigenvalue weighted by atomic mass is 16.7. The molecule has 0 fully saturated rings. The van der Waals surface area contributed by atoms with E-state index in [0.717, 1.165) is 17.1 Å². The molecule has 0 spiro atoms. The Hall–Kier alpha value is -4.84. The molecule has 5 nitrogen and oxygen atoms in total. The second-order valence-corrected chi connectivity index (χ2v) is 10.2. The number of aromatic nitrogens is 1. The van der Waals surface area contributed by atoms with Gasteiger partial charge in [-0.2, -0.15) is 26.7 Å². The number of amides is 1. The number of hydrogen-bond donors (Lipinski definition) is 0. The van der Waals surface area contributed by atoms with E-state index in [9.17, 15) is 4.79 Å². The van der Waals surface area contributed by atoms with Crippen molar-refractivity contribution in [1.82, 2.24) is 4.90 Å². The lowest BCUT2D eigenvalue weighted by atomic mass is 9.13. The molecule has 0 radical (unpaired) electrons. The zero-order valence-electron chi connectivity index (χ0n) is 24.4. The van der Waals surface area contributed by atoms with E-state index in [1.807, 2.05) is 13.8 Å². The molecule has 208 valence electrons. The molecule has 1 amide bonds. The fourth-order valence-corrected chi connectivity index (χ4v) is 5.39. The molecule has 0 atom stereocenters. The zero-order valence-corrected chi connectivity index (χ0v) is 24.4. The molecule has 1 heterocycles. The first-order chi connectivity index (χ1) is 19.9. The summed E-state index contributed by atoms with van der Waals surface area (Å²) in [5.41, 5.74) is 6.95. The first-order valence-electron chi connectivity index (χ1n) is 13.7. The SMILES string of the molecule is COc1cc(C)[n+](OC(=O)N(C)C)c(C)c1.c1ccc([B-](c2ccccc2)(c2ccccc2)c2ccccc2)cc1. The van der Waals surface area contributed by atoms with Crippen LogP contribution >= 0.6 is 0 Å². The van der Waals surface area contributed by atoms with E-state index >= 15 is 0 Å². The van der Waals surface area contributed by atoms with Crippen molar-refractivity contribution >= 4 is 34.1 Å². The topological polar surface area (TPSA) is 42.6 Å². The molecule has 1 aromatic heterocycles. The summed E-state index contributed by atoms with van der Waals surface area (Å²) in [5.74, 6) is 0.743. The molecule has 4 aromatic carbocycles. The van der Waals surface area contributed by atoms with Crippen LogP contribution < -0.4 is 36.2 Å². The Kier molecular flexibility index (Phi) is 9.59. The van der Waals surface area contributed by atoms with E-state index in [0.29, 0.717) is 0 Å². The summed E-state index contributed by atoms with van der Waals surface area (Å²) < 4.78 is 6.60. The van der Waals surface area contributed by atoms with E-state index in [4.69, 9.17) is 9.57 Å². The third-order valence-corrected chi connectivity index (χ3v) is 7.31. The zero-order chi connectivity index (χ0) is 29.2. The number of carbonyl (C=O) groups is 1. The summed E-state index contributed by atoms with van der Waals surface area (Å²) >= 11 is 0. The Morgan fingerprint density at radius 3 is 1.20 bits per heavy atom. The van der Waals surface area contributed by atoms with E-state index < -0.39 is 12.2 Å². The van der Waals surface area contributed by atoms with Crippen LogP contribution in [0.4, 0.5) is 4.79 Å². The van der Waals surface area contributed by atoms with Crippen LogP contribution in [0, 0.1) is 13.8 Å². The average Bonchev–Trinajstić information content (AvgIpc) is 3.01. The summed E-state index contributed by atoms with van der Waals surface area (Å²) in [6.07, 6.45) is -1.63. The lowest BCUT2D eigenvalue weighted by molar-refractivity contribution is -0.877. The van der Waals surface area contributed by atoms with Crippen molar-refractivity contribution < 1.29 is 19.1 Å². The molecule has 0 aliphatic rings. The lowest BCUT2D eigenvalue weighted by Crippen LogP contribution is -2.74. The first-order valence-corrected chi connectivity index (χ1v) is 13.7. The lowest BCUT2D eigenvalue weighted by Gasteiger charge is -2.44. The maximum absolute atomic E-state index is 11.4. The Balaban J connectivity index is 0.000000210. The molecule has 0 bridgehead atoms. The summed E-state index contributed by atoms with van der Waals surface area (Å²) in [7, 11) is 4.87. The van der Waals surface area contributed by atoms with Crippen molar-refractivity contribution in [3.05, 3.63) is 145 Å². The van der Waals surface area contributed by atoms with Crippen molar-refractivity contribution in [1.29, 1.82) is 0 Å². The summed E-state index contributed by atoms with van der Waals surface area (Å²) in [6, 6.07) is 47.1. The largest absolute Gasteiger partial charge is 0.496 e. The molecule has 41 heavy (non-hydrogen) atoms. The number of methoxy groups -OCH3 is 1. The Morgan fingerprint density at radius 1 is 0.610 bits per heavy atom. The van der Waals surface area contributed by atoms with E-state index in [2.05, 4.69) is 121 Å². The quantitative estimate of drug-likeness (QED) is 0.242. The van der Waals surface area contributed by atoms with Crippen LogP contribution in [-0.4, -0.2) is 38.3 Å². The second-order valence-electron chi connectivity index (χ2n) is 10.2. The van der Waals surface area contributed by atoms with Gasteiger partial charge < -0.3 is 9.64 Å². The van der Waals surface area contributed by atoms with Crippen LogP contribution in [0.15, 0.2) is 133 Å². The van der Waals surface area contributed by atoms with Crippen LogP contribution in [0.1, 0.15) is 11.4 Å². The highest BCUT2D eigenvalue weighted by Crippen LogP contribution is 2.11. The van der Waals surface area contributed by atoms with E-state index in [-0.39, 0.29) is 0 Å². The number of nitrogens with zero attached hydrogens (tertiary/aromatic N) is 2. The van der Waals surface area contributed by atoms with Crippen molar-refractivity contribution in [3.63, 3.8) is 0 Å². The van der Waals surface area contributed by atoms with Gasteiger partial charge in [-0.25, -0.2) is 4.79 Å². The number of hydrogen-bond acceptors (Lipinski definition) is 3. The minimum atomic E-state index is -1.22. The number of pyridine rings is 1. The number of benzene rings is 4. The standard InChI is InChI=1S/C24H20B.C11H17N2O3/c1-5-13-21(14-6-1)25(22-15-7-2-8-16-22,23-17-9-3-10-18-23)24-19-11-4-12-20-24;1-8-6-10(15-5)7-9(2)13(8)16-11(14)12(3)4/h1-20H;6-7H,1-5H3/q-1;+1. The van der Waals surface area contributed by atoms with Crippen molar-refractivity contribution in [2.75, 3.05) is 21.2 Å². The molecule has 0 unspecified atom stereocenters. The molecular weight excluding hydrogens is 507 g/mol. The number of ether oxygens (including phenoxy) is 1. The Morgan fingerprint density at radius 2 is 0.927 bits per heavy atom. The first kappa shape index (κ1) is 29.2. The molecule has 6 heteroatoms. The number of aryl methyl sites for hydroxylation is 2. The van der Waals surface area contributed by atoms with Gasteiger partial charge in [0.25, 0.3) is 0 Å². The molecule has 5 rings (SSSR count). The Bertz CT molecular complexity index is 1360. The van der Waals surface area contributed by atoms with Gasteiger partial charge in [-0.3, -0.25) is 0 Å². The third kappa shape index (κ3) is 6.50. The molecule has 0 saturated heterocycles. The minimum Gasteiger partial charge on any atom is -0.496 e. The molecule has 0 aliphatic heterocycles. The molecule has 0 N–H and O–H groups in total. The van der Waals surface area contributed by atoms with Gasteiger partial charge in [0, 0.05) is 32.7 Å². The normalized spacial score (nSPS) is 10.7. The van der Waals surface area contributed by atoms with Gasteiger partial charge in [0.05, 0.1) is 19.2 Å². The predicted molar refractivity (Wildman–Crippen MR) is 168 cm³/mol. The van der Waals surface area contributed by atoms with Crippen LogP contribution in [0.25, 0.3) is 0 Å². The van der Waals surface area contributed by atoms with Crippen molar-refractivity contribution in [3.8, 4) is 5.75 Å².